The minimum Gasteiger partial charge on any atom is -0.469 e. The van der Waals surface area contributed by atoms with Gasteiger partial charge in [0.25, 0.3) is 5.88 Å². The Morgan fingerprint density at radius 2 is 2.06 bits per heavy atom. The fraction of sp³-hybridized carbons (Fsp3) is 0.636. The summed E-state index contributed by atoms with van der Waals surface area (Å²) in [5.41, 5.74) is -0.349. The largest absolute Gasteiger partial charge is 0.469 e. The van der Waals surface area contributed by atoms with Crippen LogP contribution in [-0.2, 0) is 0 Å². The van der Waals surface area contributed by atoms with Gasteiger partial charge in [-0.05, 0) is 31.6 Å². The number of hydrogen-bond acceptors (Lipinski definition) is 5. The Morgan fingerprint density at radius 1 is 1.39 bits per heavy atom. The van der Waals surface area contributed by atoms with E-state index in [2.05, 4.69) is 16.9 Å². The van der Waals surface area contributed by atoms with E-state index >= 15 is 0 Å². The highest BCUT2D eigenvalue weighted by molar-refractivity contribution is 6.31. The smallest absolute Gasteiger partial charge is 0.367 e. The van der Waals surface area contributed by atoms with E-state index in [9.17, 15) is 10.1 Å². The first kappa shape index (κ1) is 13.0. The Balaban J connectivity index is 2.14. The second-order valence-corrected chi connectivity index (χ2v) is 4.93. The van der Waals surface area contributed by atoms with Crippen LogP contribution >= 0.6 is 11.6 Å². The second-order valence-electron chi connectivity index (χ2n) is 4.58. The van der Waals surface area contributed by atoms with Gasteiger partial charge in [0.2, 0.25) is 5.15 Å². The van der Waals surface area contributed by atoms with Gasteiger partial charge in [-0.15, -0.1) is 0 Å². The van der Waals surface area contributed by atoms with Crippen molar-refractivity contribution in [2.75, 3.05) is 0 Å². The van der Waals surface area contributed by atoms with Gasteiger partial charge in [0.1, 0.15) is 12.4 Å². The van der Waals surface area contributed by atoms with Crippen LogP contribution in [0, 0.1) is 16.0 Å². The summed E-state index contributed by atoms with van der Waals surface area (Å²) in [6.45, 7) is 2.19. The SMILES string of the molecule is CC1CCC(Oc2ncnc(Cl)c2[N+](=O)[O-])CC1. The molecule has 1 fully saturated rings. The first-order valence-corrected chi connectivity index (χ1v) is 6.27. The van der Waals surface area contributed by atoms with E-state index in [0.29, 0.717) is 5.92 Å². The Kier molecular flexibility index (Phi) is 3.96. The predicted molar refractivity (Wildman–Crippen MR) is 65.7 cm³/mol. The molecular weight excluding hydrogens is 258 g/mol. The molecule has 0 unspecified atom stereocenters. The van der Waals surface area contributed by atoms with E-state index in [0.717, 1.165) is 25.7 Å². The lowest BCUT2D eigenvalue weighted by Gasteiger charge is -2.26. The maximum Gasteiger partial charge on any atom is 0.367 e. The predicted octanol–water partition coefficient (Wildman–Crippen LogP) is 3.00. The van der Waals surface area contributed by atoms with Crippen LogP contribution in [0.4, 0.5) is 5.69 Å². The average Bonchev–Trinajstić information content (AvgIpc) is 2.32. The summed E-state index contributed by atoms with van der Waals surface area (Å²) < 4.78 is 5.60. The fourth-order valence-electron chi connectivity index (χ4n) is 2.09. The zero-order chi connectivity index (χ0) is 13.1. The van der Waals surface area contributed by atoms with Gasteiger partial charge in [-0.3, -0.25) is 10.1 Å². The van der Waals surface area contributed by atoms with Gasteiger partial charge < -0.3 is 4.74 Å². The standard InChI is InChI=1S/C11H14ClN3O3/c1-7-2-4-8(5-3-7)18-11-9(15(16)17)10(12)13-6-14-11/h6-8H,2-5H2,1H3. The van der Waals surface area contributed by atoms with Crippen LogP contribution in [-0.4, -0.2) is 21.0 Å². The van der Waals surface area contributed by atoms with Gasteiger partial charge in [0.15, 0.2) is 0 Å². The van der Waals surface area contributed by atoms with Gasteiger partial charge in [-0.2, -0.15) is 4.98 Å². The minimum absolute atomic E-state index is 0.0223. The molecule has 0 N–H and O–H groups in total. The van der Waals surface area contributed by atoms with Crippen molar-refractivity contribution in [2.45, 2.75) is 38.7 Å². The van der Waals surface area contributed by atoms with Crippen LogP contribution in [0.15, 0.2) is 6.33 Å². The molecular formula is C11H14ClN3O3. The quantitative estimate of drug-likeness (QED) is 0.480. The lowest BCUT2D eigenvalue weighted by molar-refractivity contribution is -0.386. The van der Waals surface area contributed by atoms with Crippen molar-refractivity contribution in [1.29, 1.82) is 0 Å². The van der Waals surface area contributed by atoms with Crippen molar-refractivity contribution in [1.82, 2.24) is 9.97 Å². The number of halogens is 1. The molecule has 6 nitrogen and oxygen atoms in total. The van der Waals surface area contributed by atoms with E-state index in [-0.39, 0.29) is 22.8 Å². The fourth-order valence-corrected chi connectivity index (χ4v) is 2.28. The lowest BCUT2D eigenvalue weighted by Crippen LogP contribution is -2.23. The molecule has 0 saturated heterocycles. The highest BCUT2D eigenvalue weighted by Gasteiger charge is 2.27. The van der Waals surface area contributed by atoms with Crippen molar-refractivity contribution >= 4 is 17.3 Å². The van der Waals surface area contributed by atoms with Crippen molar-refractivity contribution in [3.8, 4) is 5.88 Å². The lowest BCUT2D eigenvalue weighted by atomic mass is 9.89. The molecule has 1 aliphatic carbocycles. The molecule has 1 saturated carbocycles. The van der Waals surface area contributed by atoms with E-state index in [1.165, 1.54) is 6.33 Å². The molecule has 0 amide bonds. The molecule has 1 aromatic rings. The first-order chi connectivity index (χ1) is 8.58. The Labute approximate surface area is 109 Å². The zero-order valence-electron chi connectivity index (χ0n) is 10.0. The third-order valence-electron chi connectivity index (χ3n) is 3.17. The van der Waals surface area contributed by atoms with Gasteiger partial charge in [-0.1, -0.05) is 18.5 Å². The number of nitro groups is 1. The number of ether oxygens (including phenoxy) is 1. The van der Waals surface area contributed by atoms with E-state index in [1.54, 1.807) is 0 Å². The summed E-state index contributed by atoms with van der Waals surface area (Å²) in [6.07, 6.45) is 5.07. The molecule has 0 aromatic carbocycles. The average molecular weight is 272 g/mol. The number of aromatic nitrogens is 2. The highest BCUT2D eigenvalue weighted by atomic mass is 35.5. The first-order valence-electron chi connectivity index (χ1n) is 5.89. The summed E-state index contributed by atoms with van der Waals surface area (Å²) >= 11 is 5.69. The monoisotopic (exact) mass is 271 g/mol. The molecule has 1 aliphatic rings. The number of nitrogens with zero attached hydrogens (tertiary/aromatic N) is 3. The second kappa shape index (κ2) is 5.48. The summed E-state index contributed by atoms with van der Waals surface area (Å²) in [5.74, 6) is 0.661. The van der Waals surface area contributed by atoms with Gasteiger partial charge in [-0.25, -0.2) is 4.98 Å². The molecule has 2 rings (SSSR count). The van der Waals surface area contributed by atoms with Crippen LogP contribution in [0.2, 0.25) is 5.15 Å². The maximum absolute atomic E-state index is 10.9. The molecule has 0 bridgehead atoms. The summed E-state index contributed by atoms with van der Waals surface area (Å²) in [7, 11) is 0. The van der Waals surface area contributed by atoms with Crippen molar-refractivity contribution in [3.05, 3.63) is 21.6 Å². The van der Waals surface area contributed by atoms with Gasteiger partial charge >= 0.3 is 5.69 Å². The van der Waals surface area contributed by atoms with Crippen molar-refractivity contribution < 1.29 is 9.66 Å². The Morgan fingerprint density at radius 3 is 2.67 bits per heavy atom. The summed E-state index contributed by atoms with van der Waals surface area (Å²) in [5, 5.41) is 10.7. The van der Waals surface area contributed by atoms with Gasteiger partial charge in [0.05, 0.1) is 4.92 Å². The van der Waals surface area contributed by atoms with E-state index < -0.39 is 4.92 Å². The molecule has 1 aromatic heterocycles. The topological polar surface area (TPSA) is 78.2 Å². The van der Waals surface area contributed by atoms with E-state index in [1.807, 2.05) is 0 Å². The molecule has 0 radical (unpaired) electrons. The highest BCUT2D eigenvalue weighted by Crippen LogP contribution is 2.33. The molecule has 7 heteroatoms. The molecule has 0 aliphatic heterocycles. The molecule has 1 heterocycles. The molecule has 0 spiro atoms. The maximum atomic E-state index is 10.9. The van der Waals surface area contributed by atoms with Crippen molar-refractivity contribution in [2.24, 2.45) is 5.92 Å². The summed E-state index contributed by atoms with van der Waals surface area (Å²) in [4.78, 5) is 17.7. The van der Waals surface area contributed by atoms with Crippen LogP contribution in [0.3, 0.4) is 0 Å². The zero-order valence-corrected chi connectivity index (χ0v) is 10.8. The third kappa shape index (κ3) is 2.87. The molecule has 0 atom stereocenters. The summed E-state index contributed by atoms with van der Waals surface area (Å²) in [6, 6.07) is 0. The Hall–Kier alpha value is -1.43. The van der Waals surface area contributed by atoms with Crippen molar-refractivity contribution in [3.63, 3.8) is 0 Å². The van der Waals surface area contributed by atoms with Crippen LogP contribution in [0.25, 0.3) is 0 Å². The normalized spacial score (nSPS) is 23.7. The third-order valence-corrected chi connectivity index (χ3v) is 3.44. The van der Waals surface area contributed by atoms with Crippen LogP contribution < -0.4 is 4.74 Å². The number of rotatable bonds is 3. The van der Waals surface area contributed by atoms with Crippen LogP contribution in [0.1, 0.15) is 32.6 Å². The Bertz CT molecular complexity index is 447. The van der Waals surface area contributed by atoms with Crippen LogP contribution in [0.5, 0.6) is 5.88 Å². The molecule has 18 heavy (non-hydrogen) atoms. The minimum atomic E-state index is -0.608. The molecule has 98 valence electrons. The van der Waals surface area contributed by atoms with E-state index in [4.69, 9.17) is 16.3 Å². The number of hydrogen-bond donors (Lipinski definition) is 0. The van der Waals surface area contributed by atoms with Gasteiger partial charge in [0, 0.05) is 0 Å².